The summed E-state index contributed by atoms with van der Waals surface area (Å²) in [6, 6.07) is -9.52. The molecule has 7 atom stereocenters. The number of nitrogens with one attached hydrogen (secondary N) is 6. The minimum atomic E-state index is -1.61. The standard InChI is InChI=1S/C33H60N14O11S/c1-15(2)24(35)30(56)42-16(3)25(51)43-19(8-10-22(34)48)28(54)45-17(6-4-12-40-32(36)37)26(52)44-18(7-5-13-41-33(38)39)27(53)47-21(14-59)29(55)46-20(31(57)58)9-11-23(49)50/h15-21,24,59H,4-14,35H2,1-3H3,(H2,34,48)(H,42,56)(H,43,51)(H,44,52)(H,45,54)(H,46,55)(H,47,53)(H,49,50)(H,57,58)(H4,36,37,40)(H4,38,39,41)/t16-,17-,18-,19-,20-,21-,24-/m0/s1. The minimum absolute atomic E-state index is 0.00448. The van der Waals surface area contributed by atoms with Crippen LogP contribution in [0.15, 0.2) is 9.98 Å². The van der Waals surface area contributed by atoms with E-state index in [1.54, 1.807) is 13.8 Å². The van der Waals surface area contributed by atoms with Gasteiger partial charge in [-0.05, 0) is 51.4 Å². The Labute approximate surface area is 346 Å². The van der Waals surface area contributed by atoms with Crippen molar-refractivity contribution >= 4 is 77.8 Å². The molecule has 0 rings (SSSR count). The second kappa shape index (κ2) is 27.7. The monoisotopic (exact) mass is 860 g/mol. The molecule has 59 heavy (non-hydrogen) atoms. The zero-order chi connectivity index (χ0) is 45.4. The maximum absolute atomic E-state index is 13.9. The Morgan fingerprint density at radius 1 is 0.542 bits per heavy atom. The first-order valence-electron chi connectivity index (χ1n) is 18.5. The second-order valence-corrected chi connectivity index (χ2v) is 14.0. The lowest BCUT2D eigenvalue weighted by Gasteiger charge is -2.27. The molecule has 0 aromatic heterocycles. The van der Waals surface area contributed by atoms with Gasteiger partial charge < -0.3 is 76.5 Å². The Morgan fingerprint density at radius 3 is 1.32 bits per heavy atom. The highest BCUT2D eigenvalue weighted by Crippen LogP contribution is 2.08. The maximum atomic E-state index is 13.9. The van der Waals surface area contributed by atoms with Crippen LogP contribution in [0, 0.1) is 5.92 Å². The van der Waals surface area contributed by atoms with Crippen molar-refractivity contribution in [2.45, 2.75) is 114 Å². The summed E-state index contributed by atoms with van der Waals surface area (Å²) in [5, 5.41) is 32.8. The SMILES string of the molecule is CC(C)[C@H](N)C(=O)N[C@@H](C)C(=O)N[C@@H](CCC(N)=O)C(=O)N[C@@H](CCCN=C(N)N)C(=O)N[C@@H](CCCN=C(N)N)C(=O)N[C@@H](CS)C(=O)N[C@@H](CCC(=O)O)C(=O)O. The summed E-state index contributed by atoms with van der Waals surface area (Å²) in [5.74, 6) is -10.0. The van der Waals surface area contributed by atoms with Gasteiger partial charge in [0.25, 0.3) is 0 Å². The molecule has 7 amide bonds. The highest BCUT2D eigenvalue weighted by atomic mass is 32.1. The lowest BCUT2D eigenvalue weighted by Crippen LogP contribution is -2.60. The van der Waals surface area contributed by atoms with Gasteiger partial charge in [-0.2, -0.15) is 12.6 Å². The van der Waals surface area contributed by atoms with Crippen LogP contribution in [0.1, 0.15) is 72.1 Å². The predicted octanol–water partition coefficient (Wildman–Crippen LogP) is -5.85. The van der Waals surface area contributed by atoms with Gasteiger partial charge in [-0.15, -0.1) is 0 Å². The van der Waals surface area contributed by atoms with Crippen LogP contribution in [0.2, 0.25) is 0 Å². The van der Waals surface area contributed by atoms with Crippen LogP contribution in [0.3, 0.4) is 0 Å². The normalized spacial score (nSPS) is 14.3. The largest absolute Gasteiger partial charge is 0.481 e. The lowest BCUT2D eigenvalue weighted by molar-refractivity contribution is -0.143. The highest BCUT2D eigenvalue weighted by Gasteiger charge is 2.33. The van der Waals surface area contributed by atoms with E-state index in [2.05, 4.69) is 54.5 Å². The first-order valence-corrected chi connectivity index (χ1v) is 19.2. The number of hydrogen-bond acceptors (Lipinski definition) is 13. The van der Waals surface area contributed by atoms with E-state index in [9.17, 15) is 48.3 Å². The van der Waals surface area contributed by atoms with E-state index < -0.39 is 108 Å². The van der Waals surface area contributed by atoms with E-state index >= 15 is 0 Å². The van der Waals surface area contributed by atoms with Gasteiger partial charge in [0.1, 0.15) is 36.3 Å². The van der Waals surface area contributed by atoms with Gasteiger partial charge in [-0.25, -0.2) is 4.79 Å². The molecule has 25 nitrogen and oxygen atoms in total. The fourth-order valence-corrected chi connectivity index (χ4v) is 5.14. The molecule has 0 aliphatic carbocycles. The number of hydrogen-bond donors (Lipinski definition) is 15. The van der Waals surface area contributed by atoms with Crippen LogP contribution in [0.5, 0.6) is 0 Å². The van der Waals surface area contributed by atoms with E-state index in [0.717, 1.165) is 0 Å². The molecule has 0 aliphatic heterocycles. The van der Waals surface area contributed by atoms with Crippen molar-refractivity contribution in [1.82, 2.24) is 31.9 Å². The molecule has 0 fully saturated rings. The van der Waals surface area contributed by atoms with E-state index in [0.29, 0.717) is 0 Å². The molecule has 0 spiro atoms. The van der Waals surface area contributed by atoms with Crippen LogP contribution >= 0.6 is 12.6 Å². The second-order valence-electron chi connectivity index (χ2n) is 13.7. The number of aliphatic carboxylic acids is 2. The van der Waals surface area contributed by atoms with Gasteiger partial charge in [0.2, 0.25) is 41.4 Å². The molecule has 0 saturated heterocycles. The zero-order valence-electron chi connectivity index (χ0n) is 33.3. The van der Waals surface area contributed by atoms with Crippen molar-refractivity contribution in [2.75, 3.05) is 18.8 Å². The Bertz CT molecular complexity index is 1540. The van der Waals surface area contributed by atoms with Crippen molar-refractivity contribution in [3.8, 4) is 0 Å². The van der Waals surface area contributed by atoms with E-state index in [1.165, 1.54) is 6.92 Å². The van der Waals surface area contributed by atoms with Gasteiger partial charge >= 0.3 is 11.9 Å². The summed E-state index contributed by atoms with van der Waals surface area (Å²) < 4.78 is 0. The third kappa shape index (κ3) is 22.6. The smallest absolute Gasteiger partial charge is 0.326 e. The summed E-state index contributed by atoms with van der Waals surface area (Å²) >= 11 is 4.07. The van der Waals surface area contributed by atoms with E-state index in [4.69, 9.17) is 39.5 Å². The Kier molecular flexibility index (Phi) is 24.9. The third-order valence-electron chi connectivity index (χ3n) is 8.32. The molecule has 20 N–H and O–H groups in total. The molecule has 0 saturated carbocycles. The molecule has 26 heteroatoms. The molecule has 0 aromatic rings. The average Bonchev–Trinajstić information content (AvgIpc) is 3.14. The average molecular weight is 861 g/mol. The van der Waals surface area contributed by atoms with Crippen LogP contribution in [0.4, 0.5) is 0 Å². The van der Waals surface area contributed by atoms with Gasteiger partial charge in [0.15, 0.2) is 11.9 Å². The van der Waals surface area contributed by atoms with Gasteiger partial charge in [0, 0.05) is 31.7 Å². The Hall–Kier alpha value is -5.92. The number of amides is 7. The topological polar surface area (TPSA) is 447 Å². The summed E-state index contributed by atoms with van der Waals surface area (Å²) in [6.07, 6.45) is -1.80. The molecule has 0 unspecified atom stereocenters. The summed E-state index contributed by atoms with van der Waals surface area (Å²) in [6.45, 7) is 4.76. The van der Waals surface area contributed by atoms with Crippen molar-refractivity contribution in [2.24, 2.45) is 50.3 Å². The lowest BCUT2D eigenvalue weighted by atomic mass is 10.0. The van der Waals surface area contributed by atoms with Crippen molar-refractivity contribution in [1.29, 1.82) is 0 Å². The van der Waals surface area contributed by atoms with Crippen LogP contribution < -0.4 is 66.3 Å². The molecular weight excluding hydrogens is 801 g/mol. The number of carboxylic acid groups (broad SMARTS) is 2. The molecule has 0 radical (unpaired) electrons. The van der Waals surface area contributed by atoms with Crippen LogP contribution in [-0.2, 0) is 43.2 Å². The van der Waals surface area contributed by atoms with Gasteiger partial charge in [-0.1, -0.05) is 13.8 Å². The number of rotatable bonds is 29. The van der Waals surface area contributed by atoms with Crippen molar-refractivity contribution in [3.05, 3.63) is 0 Å². The molecular formula is C33H60N14O11S. The summed E-state index contributed by atoms with van der Waals surface area (Å²) in [5.41, 5.74) is 32.8. The fourth-order valence-electron chi connectivity index (χ4n) is 4.88. The number of carbonyl (C=O) groups excluding carboxylic acids is 7. The minimum Gasteiger partial charge on any atom is -0.481 e. The first kappa shape index (κ1) is 53.1. The molecule has 0 aliphatic rings. The highest BCUT2D eigenvalue weighted by molar-refractivity contribution is 7.80. The number of aliphatic imine (C=N–C) groups is 2. The predicted molar refractivity (Wildman–Crippen MR) is 217 cm³/mol. The third-order valence-corrected chi connectivity index (χ3v) is 8.68. The number of guanidine groups is 2. The molecule has 334 valence electrons. The number of nitrogens with two attached hydrogens (primary N) is 6. The number of carbonyl (C=O) groups is 9. The number of nitrogens with zero attached hydrogens (tertiary/aromatic N) is 2. The Morgan fingerprint density at radius 2 is 0.932 bits per heavy atom. The zero-order valence-corrected chi connectivity index (χ0v) is 34.2. The number of thiol groups is 1. The fraction of sp³-hybridized carbons (Fsp3) is 0.667. The summed E-state index contributed by atoms with van der Waals surface area (Å²) in [4.78, 5) is 122. The molecule has 0 heterocycles. The van der Waals surface area contributed by atoms with Crippen molar-refractivity contribution in [3.63, 3.8) is 0 Å². The van der Waals surface area contributed by atoms with Gasteiger partial charge in [-0.3, -0.25) is 48.3 Å². The summed E-state index contributed by atoms with van der Waals surface area (Å²) in [7, 11) is 0. The van der Waals surface area contributed by atoms with Crippen LogP contribution in [-0.4, -0.2) is 137 Å². The van der Waals surface area contributed by atoms with Gasteiger partial charge in [0.05, 0.1) is 6.04 Å². The van der Waals surface area contributed by atoms with E-state index in [-0.39, 0.29) is 75.2 Å². The number of carboxylic acids is 2. The first-order chi connectivity index (χ1) is 27.5. The van der Waals surface area contributed by atoms with E-state index in [1.807, 2.05) is 0 Å². The molecule has 0 bridgehead atoms. The van der Waals surface area contributed by atoms with Crippen LogP contribution in [0.25, 0.3) is 0 Å². The number of primary amides is 1. The quantitative estimate of drug-likeness (QED) is 0.0144. The maximum Gasteiger partial charge on any atom is 0.326 e. The Balaban J connectivity index is 6.48. The molecule has 0 aromatic carbocycles. The van der Waals surface area contributed by atoms with Crippen molar-refractivity contribution < 1.29 is 53.4 Å².